The monoisotopic (exact) mass is 317 g/mol. The van der Waals surface area contributed by atoms with Gasteiger partial charge in [-0.05, 0) is 18.4 Å². The van der Waals surface area contributed by atoms with Crippen molar-refractivity contribution < 1.29 is 24.2 Å². The van der Waals surface area contributed by atoms with Gasteiger partial charge in [-0.25, -0.2) is 4.79 Å². The second-order valence-electron chi connectivity index (χ2n) is 5.09. The van der Waals surface area contributed by atoms with Crippen molar-refractivity contribution >= 4 is 22.6 Å². The van der Waals surface area contributed by atoms with Gasteiger partial charge in [0.05, 0.1) is 6.61 Å². The van der Waals surface area contributed by atoms with Crippen molar-refractivity contribution in [3.05, 3.63) is 42.5 Å². The van der Waals surface area contributed by atoms with E-state index in [0.29, 0.717) is 5.75 Å². The first-order chi connectivity index (χ1) is 11.0. The Morgan fingerprint density at radius 2 is 1.87 bits per heavy atom. The molecule has 6 nitrogen and oxygen atoms in total. The third-order valence-electron chi connectivity index (χ3n) is 3.37. The summed E-state index contributed by atoms with van der Waals surface area (Å²) in [5.41, 5.74) is 0. The molecular weight excluding hydrogens is 298 g/mol. The summed E-state index contributed by atoms with van der Waals surface area (Å²) in [6.45, 7) is 1.46. The molecule has 0 bridgehead atoms. The number of carboxylic acid groups (broad SMARTS) is 1. The highest BCUT2D eigenvalue weighted by Crippen LogP contribution is 2.26. The van der Waals surface area contributed by atoms with Gasteiger partial charge in [0.15, 0.2) is 12.1 Å². The standard InChI is InChI=1S/C17H19NO5/c1-11(16(19)18-14(10-22-2)17(20)21)23-15-9-5-7-12-6-3-4-8-13(12)15/h3-9,11,14H,10H2,1-2H3,(H,18,19)(H,20,21). The second kappa shape index (κ2) is 7.60. The van der Waals surface area contributed by atoms with E-state index in [1.165, 1.54) is 7.11 Å². The van der Waals surface area contributed by atoms with Crippen molar-refractivity contribution in [3.63, 3.8) is 0 Å². The second-order valence-corrected chi connectivity index (χ2v) is 5.09. The maximum Gasteiger partial charge on any atom is 0.328 e. The van der Waals surface area contributed by atoms with Gasteiger partial charge in [-0.2, -0.15) is 0 Å². The molecule has 0 aromatic heterocycles. The first-order valence-electron chi connectivity index (χ1n) is 7.19. The normalized spacial score (nSPS) is 13.3. The summed E-state index contributed by atoms with van der Waals surface area (Å²) in [5.74, 6) is -1.09. The number of nitrogens with one attached hydrogen (secondary N) is 1. The van der Waals surface area contributed by atoms with Crippen LogP contribution in [-0.2, 0) is 14.3 Å². The molecular formula is C17H19NO5. The Morgan fingerprint density at radius 3 is 2.57 bits per heavy atom. The van der Waals surface area contributed by atoms with Crippen LogP contribution in [0.1, 0.15) is 6.92 Å². The Kier molecular flexibility index (Phi) is 5.54. The fourth-order valence-corrected chi connectivity index (χ4v) is 2.17. The lowest BCUT2D eigenvalue weighted by Gasteiger charge is -2.19. The van der Waals surface area contributed by atoms with Crippen molar-refractivity contribution in [1.29, 1.82) is 0 Å². The molecule has 2 aromatic rings. The molecule has 0 aliphatic rings. The number of hydrogen-bond donors (Lipinski definition) is 2. The molecule has 2 aromatic carbocycles. The maximum atomic E-state index is 12.1. The average molecular weight is 317 g/mol. The van der Waals surface area contributed by atoms with Crippen LogP contribution in [0.25, 0.3) is 10.8 Å². The Balaban J connectivity index is 2.09. The lowest BCUT2D eigenvalue weighted by molar-refractivity contribution is -0.144. The van der Waals surface area contributed by atoms with Gasteiger partial charge in [0, 0.05) is 12.5 Å². The van der Waals surface area contributed by atoms with E-state index in [2.05, 4.69) is 5.32 Å². The van der Waals surface area contributed by atoms with E-state index in [9.17, 15) is 9.59 Å². The van der Waals surface area contributed by atoms with Crippen LogP contribution in [0.2, 0.25) is 0 Å². The van der Waals surface area contributed by atoms with E-state index in [1.54, 1.807) is 13.0 Å². The first-order valence-corrected chi connectivity index (χ1v) is 7.19. The van der Waals surface area contributed by atoms with Gasteiger partial charge in [-0.1, -0.05) is 36.4 Å². The molecule has 2 N–H and O–H groups in total. The SMILES string of the molecule is COCC(NC(=O)C(C)Oc1cccc2ccccc12)C(=O)O. The molecule has 2 rings (SSSR count). The number of carbonyl (C=O) groups is 2. The average Bonchev–Trinajstić information content (AvgIpc) is 2.54. The Hall–Kier alpha value is -2.60. The highest BCUT2D eigenvalue weighted by atomic mass is 16.5. The van der Waals surface area contributed by atoms with Crippen LogP contribution in [0.5, 0.6) is 5.75 Å². The molecule has 0 fully saturated rings. The number of carboxylic acids is 1. The summed E-state index contributed by atoms with van der Waals surface area (Å²) in [7, 11) is 1.37. The number of aliphatic carboxylic acids is 1. The van der Waals surface area contributed by atoms with Gasteiger partial charge in [0.1, 0.15) is 5.75 Å². The van der Waals surface area contributed by atoms with E-state index in [4.69, 9.17) is 14.6 Å². The van der Waals surface area contributed by atoms with Gasteiger partial charge in [-0.15, -0.1) is 0 Å². The third-order valence-corrected chi connectivity index (χ3v) is 3.37. The van der Waals surface area contributed by atoms with Crippen LogP contribution in [0.4, 0.5) is 0 Å². The van der Waals surface area contributed by atoms with E-state index in [-0.39, 0.29) is 6.61 Å². The van der Waals surface area contributed by atoms with E-state index >= 15 is 0 Å². The number of carbonyl (C=O) groups excluding carboxylic acids is 1. The van der Waals surface area contributed by atoms with Crippen LogP contribution in [0, 0.1) is 0 Å². The molecule has 23 heavy (non-hydrogen) atoms. The summed E-state index contributed by atoms with van der Waals surface area (Å²) in [5, 5.41) is 13.3. The summed E-state index contributed by atoms with van der Waals surface area (Å²) < 4.78 is 10.5. The first kappa shape index (κ1) is 16.8. The molecule has 0 radical (unpaired) electrons. The largest absolute Gasteiger partial charge is 0.480 e. The van der Waals surface area contributed by atoms with Gasteiger partial charge >= 0.3 is 5.97 Å². The van der Waals surface area contributed by atoms with Crippen molar-refractivity contribution in [2.45, 2.75) is 19.1 Å². The molecule has 0 heterocycles. The molecule has 0 saturated heterocycles. The summed E-state index contributed by atoms with van der Waals surface area (Å²) in [6, 6.07) is 12.1. The van der Waals surface area contributed by atoms with Gasteiger partial charge in [0.25, 0.3) is 5.91 Å². The zero-order chi connectivity index (χ0) is 16.8. The molecule has 0 aliphatic carbocycles. The highest BCUT2D eigenvalue weighted by Gasteiger charge is 2.24. The lowest BCUT2D eigenvalue weighted by atomic mass is 10.1. The Morgan fingerprint density at radius 1 is 1.17 bits per heavy atom. The predicted octanol–water partition coefficient (Wildman–Crippen LogP) is 1.82. The number of hydrogen-bond acceptors (Lipinski definition) is 4. The van der Waals surface area contributed by atoms with E-state index < -0.39 is 24.0 Å². The zero-order valence-corrected chi connectivity index (χ0v) is 13.0. The topological polar surface area (TPSA) is 84.9 Å². The fraction of sp³-hybridized carbons (Fsp3) is 0.294. The van der Waals surface area contributed by atoms with Crippen molar-refractivity contribution in [1.82, 2.24) is 5.32 Å². The van der Waals surface area contributed by atoms with Crippen molar-refractivity contribution in [3.8, 4) is 5.75 Å². The van der Waals surface area contributed by atoms with Gasteiger partial charge in [-0.3, -0.25) is 4.79 Å². The predicted molar refractivity (Wildman–Crippen MR) is 85.5 cm³/mol. The molecule has 0 saturated carbocycles. The molecule has 2 atom stereocenters. The molecule has 2 unspecified atom stereocenters. The summed E-state index contributed by atoms with van der Waals surface area (Å²) in [6.07, 6.45) is -0.834. The lowest BCUT2D eigenvalue weighted by Crippen LogP contribution is -2.48. The van der Waals surface area contributed by atoms with Crippen LogP contribution >= 0.6 is 0 Å². The minimum Gasteiger partial charge on any atom is -0.480 e. The van der Waals surface area contributed by atoms with E-state index in [1.807, 2.05) is 36.4 Å². The summed E-state index contributed by atoms with van der Waals surface area (Å²) in [4.78, 5) is 23.2. The van der Waals surface area contributed by atoms with Gasteiger partial charge < -0.3 is 19.9 Å². The molecule has 0 aliphatic heterocycles. The Labute approximate surface area is 134 Å². The number of methoxy groups -OCH3 is 1. The van der Waals surface area contributed by atoms with Gasteiger partial charge in [0.2, 0.25) is 0 Å². The highest BCUT2D eigenvalue weighted by molar-refractivity contribution is 5.90. The fourth-order valence-electron chi connectivity index (χ4n) is 2.17. The number of ether oxygens (including phenoxy) is 2. The molecule has 1 amide bonds. The van der Waals surface area contributed by atoms with Crippen molar-refractivity contribution in [2.75, 3.05) is 13.7 Å². The van der Waals surface area contributed by atoms with Crippen LogP contribution in [0.3, 0.4) is 0 Å². The third kappa shape index (κ3) is 4.20. The minimum atomic E-state index is -1.16. The summed E-state index contributed by atoms with van der Waals surface area (Å²) >= 11 is 0. The Bertz CT molecular complexity index is 695. The molecule has 0 spiro atoms. The van der Waals surface area contributed by atoms with Crippen molar-refractivity contribution in [2.24, 2.45) is 0 Å². The zero-order valence-electron chi connectivity index (χ0n) is 13.0. The number of amides is 1. The quantitative estimate of drug-likeness (QED) is 0.814. The maximum absolute atomic E-state index is 12.1. The number of fused-ring (bicyclic) bond motifs is 1. The number of benzene rings is 2. The van der Waals surface area contributed by atoms with Crippen LogP contribution in [0.15, 0.2) is 42.5 Å². The van der Waals surface area contributed by atoms with E-state index in [0.717, 1.165) is 10.8 Å². The number of rotatable bonds is 7. The molecule has 6 heteroatoms. The smallest absolute Gasteiger partial charge is 0.328 e. The minimum absolute atomic E-state index is 0.109. The molecule has 122 valence electrons. The van der Waals surface area contributed by atoms with Crippen LogP contribution < -0.4 is 10.1 Å². The van der Waals surface area contributed by atoms with Crippen LogP contribution in [-0.4, -0.2) is 42.8 Å².